The Morgan fingerprint density at radius 1 is 1.17 bits per heavy atom. The van der Waals surface area contributed by atoms with Gasteiger partial charge in [-0.15, -0.1) is 0 Å². The van der Waals surface area contributed by atoms with Crippen molar-refractivity contribution in [3.05, 3.63) is 73.8 Å². The number of nitrogens with one attached hydrogen (secondary N) is 1. The van der Waals surface area contributed by atoms with E-state index in [1.54, 1.807) is 43.3 Å². The third-order valence-corrected chi connectivity index (χ3v) is 3.78. The lowest BCUT2D eigenvalue weighted by Gasteiger charge is -2.04. The van der Waals surface area contributed by atoms with Crippen molar-refractivity contribution in [1.29, 1.82) is 0 Å². The molecule has 0 fully saturated rings. The number of amides is 1. The van der Waals surface area contributed by atoms with Gasteiger partial charge in [0.25, 0.3) is 5.69 Å². The molecule has 118 valence electrons. The van der Waals surface area contributed by atoms with Gasteiger partial charge in [0.2, 0.25) is 5.91 Å². The fraction of sp³-hybridized carbons (Fsp3) is 0.0625. The predicted octanol–water partition coefficient (Wildman–Crippen LogP) is 4.86. The van der Waals surface area contributed by atoms with Crippen molar-refractivity contribution in [3.63, 3.8) is 0 Å². The fourth-order valence-corrected chi connectivity index (χ4v) is 2.16. The van der Waals surface area contributed by atoms with Crippen LogP contribution in [0.25, 0.3) is 6.08 Å². The van der Waals surface area contributed by atoms with Gasteiger partial charge in [-0.2, -0.15) is 0 Å². The molecule has 5 nitrogen and oxygen atoms in total. The Hall–Kier alpha value is -2.37. The maximum Gasteiger partial charge on any atom is 0.274 e. The monoisotopic (exact) mass is 350 g/mol. The van der Waals surface area contributed by atoms with E-state index in [4.69, 9.17) is 23.2 Å². The van der Waals surface area contributed by atoms with E-state index < -0.39 is 10.8 Å². The van der Waals surface area contributed by atoms with Crippen LogP contribution in [0.3, 0.4) is 0 Å². The molecule has 1 N–H and O–H groups in total. The lowest BCUT2D eigenvalue weighted by molar-refractivity contribution is -0.385. The van der Waals surface area contributed by atoms with Crippen LogP contribution in [-0.2, 0) is 4.79 Å². The summed E-state index contributed by atoms with van der Waals surface area (Å²) in [6.45, 7) is 1.63. The molecular formula is C16H12Cl2N2O3. The third-order valence-electron chi connectivity index (χ3n) is 3.04. The van der Waals surface area contributed by atoms with E-state index >= 15 is 0 Å². The number of anilines is 1. The number of hydrogen-bond donors (Lipinski definition) is 1. The maximum absolute atomic E-state index is 11.9. The van der Waals surface area contributed by atoms with Gasteiger partial charge in [0.1, 0.15) is 0 Å². The molecule has 2 aromatic rings. The third kappa shape index (κ3) is 4.55. The Labute approximate surface area is 142 Å². The minimum atomic E-state index is -0.490. The highest BCUT2D eigenvalue weighted by Gasteiger charge is 2.11. The zero-order chi connectivity index (χ0) is 17.0. The molecule has 0 bridgehead atoms. The van der Waals surface area contributed by atoms with Crippen molar-refractivity contribution in [3.8, 4) is 0 Å². The summed E-state index contributed by atoms with van der Waals surface area (Å²) in [6, 6.07) is 9.48. The molecule has 0 radical (unpaired) electrons. The smallest absolute Gasteiger partial charge is 0.274 e. The number of rotatable bonds is 4. The molecule has 0 unspecified atom stereocenters. The molecule has 0 saturated carbocycles. The largest absolute Gasteiger partial charge is 0.322 e. The molecule has 0 aliphatic rings. The van der Waals surface area contributed by atoms with Crippen LogP contribution >= 0.6 is 23.2 Å². The van der Waals surface area contributed by atoms with Gasteiger partial charge in [0.05, 0.1) is 15.0 Å². The number of halogens is 2. The maximum atomic E-state index is 11.9. The molecule has 23 heavy (non-hydrogen) atoms. The lowest BCUT2D eigenvalue weighted by atomic mass is 10.2. The minimum Gasteiger partial charge on any atom is -0.322 e. The summed E-state index contributed by atoms with van der Waals surface area (Å²) in [5.74, 6) is -0.408. The van der Waals surface area contributed by atoms with Gasteiger partial charge in [-0.1, -0.05) is 35.3 Å². The molecule has 0 spiro atoms. The van der Waals surface area contributed by atoms with Crippen molar-refractivity contribution in [2.75, 3.05) is 5.32 Å². The summed E-state index contributed by atoms with van der Waals surface area (Å²) in [4.78, 5) is 22.3. The highest BCUT2D eigenvalue weighted by molar-refractivity contribution is 6.42. The van der Waals surface area contributed by atoms with Gasteiger partial charge in [-0.25, -0.2) is 0 Å². The van der Waals surface area contributed by atoms with Crippen LogP contribution < -0.4 is 5.32 Å². The zero-order valence-corrected chi connectivity index (χ0v) is 13.6. The summed E-state index contributed by atoms with van der Waals surface area (Å²) >= 11 is 11.7. The van der Waals surface area contributed by atoms with Crippen LogP contribution in [0.1, 0.15) is 11.1 Å². The van der Waals surface area contributed by atoms with Crippen LogP contribution in [0.4, 0.5) is 11.4 Å². The van der Waals surface area contributed by atoms with E-state index in [0.717, 1.165) is 0 Å². The van der Waals surface area contributed by atoms with E-state index in [1.807, 2.05) is 0 Å². The van der Waals surface area contributed by atoms with Crippen LogP contribution in [0, 0.1) is 17.0 Å². The molecule has 0 atom stereocenters. The molecule has 0 saturated heterocycles. The molecule has 0 heterocycles. The first-order valence-corrected chi connectivity index (χ1v) is 7.31. The fourth-order valence-electron chi connectivity index (χ4n) is 1.86. The summed E-state index contributed by atoms with van der Waals surface area (Å²) in [7, 11) is 0. The van der Waals surface area contributed by atoms with E-state index in [-0.39, 0.29) is 5.69 Å². The van der Waals surface area contributed by atoms with Gasteiger partial charge in [-0.3, -0.25) is 14.9 Å². The number of benzene rings is 2. The van der Waals surface area contributed by atoms with Gasteiger partial charge in [0.15, 0.2) is 0 Å². The quantitative estimate of drug-likeness (QED) is 0.486. The molecular weight excluding hydrogens is 339 g/mol. The number of nitrogens with zero attached hydrogens (tertiary/aromatic N) is 1. The van der Waals surface area contributed by atoms with Gasteiger partial charge in [0, 0.05) is 23.4 Å². The Balaban J connectivity index is 2.10. The molecule has 0 aromatic heterocycles. The first kappa shape index (κ1) is 17.0. The normalized spacial score (nSPS) is 10.7. The molecule has 7 heteroatoms. The minimum absolute atomic E-state index is 0.0451. The van der Waals surface area contributed by atoms with E-state index in [2.05, 4.69) is 5.32 Å². The van der Waals surface area contributed by atoms with Crippen molar-refractivity contribution in [2.45, 2.75) is 6.92 Å². The highest BCUT2D eigenvalue weighted by Crippen LogP contribution is 2.24. The number of hydrogen-bond acceptors (Lipinski definition) is 3. The molecule has 0 aliphatic carbocycles. The van der Waals surface area contributed by atoms with Crippen LogP contribution in [0.2, 0.25) is 10.0 Å². The summed E-state index contributed by atoms with van der Waals surface area (Å²) in [6.07, 6.45) is 2.88. The first-order valence-electron chi connectivity index (χ1n) is 6.56. The van der Waals surface area contributed by atoms with Crippen molar-refractivity contribution in [2.24, 2.45) is 0 Å². The topological polar surface area (TPSA) is 72.2 Å². The van der Waals surface area contributed by atoms with E-state index in [1.165, 1.54) is 12.1 Å². The summed E-state index contributed by atoms with van der Waals surface area (Å²) in [5.41, 5.74) is 1.55. The standard InChI is InChI=1S/C16H12Cl2N2O3/c1-10-2-5-12(9-15(10)20(22)23)19-16(21)7-4-11-3-6-13(17)14(18)8-11/h2-9H,1H3,(H,19,21)/b7-4+. The first-order chi connectivity index (χ1) is 10.9. The van der Waals surface area contributed by atoms with Crippen molar-refractivity contribution in [1.82, 2.24) is 0 Å². The lowest BCUT2D eigenvalue weighted by Crippen LogP contribution is -2.08. The zero-order valence-electron chi connectivity index (χ0n) is 12.0. The Morgan fingerprint density at radius 2 is 1.91 bits per heavy atom. The Kier molecular flexibility index (Phi) is 5.36. The van der Waals surface area contributed by atoms with E-state index in [9.17, 15) is 14.9 Å². The average molecular weight is 351 g/mol. The van der Waals surface area contributed by atoms with Crippen molar-refractivity contribution >= 4 is 46.6 Å². The SMILES string of the molecule is Cc1ccc(NC(=O)/C=C/c2ccc(Cl)c(Cl)c2)cc1[N+](=O)[O-]. The Bertz CT molecular complexity index is 804. The van der Waals surface area contributed by atoms with Gasteiger partial charge < -0.3 is 5.32 Å². The number of nitro groups is 1. The van der Waals surface area contributed by atoms with Gasteiger partial charge in [-0.05, 0) is 36.8 Å². The van der Waals surface area contributed by atoms with E-state index in [0.29, 0.717) is 26.9 Å². The highest BCUT2D eigenvalue weighted by atomic mass is 35.5. The Morgan fingerprint density at radius 3 is 2.57 bits per heavy atom. The number of aryl methyl sites for hydroxylation is 1. The van der Waals surface area contributed by atoms with Crippen LogP contribution in [0.15, 0.2) is 42.5 Å². The molecule has 0 aliphatic heterocycles. The number of carbonyl (C=O) groups is 1. The molecule has 2 aromatic carbocycles. The summed E-state index contributed by atoms with van der Waals surface area (Å²) in [5, 5.41) is 14.3. The number of nitro benzene ring substituents is 1. The second-order valence-electron chi connectivity index (χ2n) is 4.75. The van der Waals surface area contributed by atoms with Crippen LogP contribution in [-0.4, -0.2) is 10.8 Å². The van der Waals surface area contributed by atoms with Crippen molar-refractivity contribution < 1.29 is 9.72 Å². The van der Waals surface area contributed by atoms with Gasteiger partial charge >= 0.3 is 0 Å². The summed E-state index contributed by atoms with van der Waals surface area (Å²) < 4.78 is 0. The predicted molar refractivity (Wildman–Crippen MR) is 92.0 cm³/mol. The number of carbonyl (C=O) groups excluding carboxylic acids is 1. The second-order valence-corrected chi connectivity index (χ2v) is 5.57. The molecule has 1 amide bonds. The second kappa shape index (κ2) is 7.26. The average Bonchev–Trinajstić information content (AvgIpc) is 2.50. The molecule has 2 rings (SSSR count). The van der Waals surface area contributed by atoms with Crippen LogP contribution in [0.5, 0.6) is 0 Å².